The van der Waals surface area contributed by atoms with E-state index in [-0.39, 0.29) is 5.91 Å². The fourth-order valence-electron chi connectivity index (χ4n) is 3.19. The van der Waals surface area contributed by atoms with E-state index in [9.17, 15) is 4.79 Å². The third-order valence-electron chi connectivity index (χ3n) is 4.65. The topological polar surface area (TPSA) is 35.6 Å². The average molecular weight is 392 g/mol. The number of halogens is 1. The summed E-state index contributed by atoms with van der Waals surface area (Å²) in [5.41, 5.74) is 1.32. The Morgan fingerprint density at radius 1 is 1.04 bits per heavy atom. The Labute approximate surface area is 164 Å². The lowest BCUT2D eigenvalue weighted by Crippen LogP contribution is -2.49. The van der Waals surface area contributed by atoms with E-state index in [1.54, 1.807) is 11.3 Å². The number of nitrogens with zero attached hydrogens (tertiary/aromatic N) is 2. The third-order valence-corrected chi connectivity index (χ3v) is 5.86. The van der Waals surface area contributed by atoms with Gasteiger partial charge < -0.3 is 5.32 Å². The fraction of sp³-hybridized carbons (Fsp3) is 0.450. The number of benzene rings is 1. The van der Waals surface area contributed by atoms with E-state index in [1.807, 2.05) is 12.1 Å². The van der Waals surface area contributed by atoms with E-state index in [2.05, 4.69) is 45.4 Å². The largest absolute Gasteiger partial charge is 0.355 e. The SMILES string of the molecule is O=C(CN1CCN(Cc2ccc(Cl)s2)CC1)NCCCc1ccccc1. The lowest BCUT2D eigenvalue weighted by Gasteiger charge is -2.34. The Balaban J connectivity index is 1.28. The molecule has 26 heavy (non-hydrogen) atoms. The summed E-state index contributed by atoms with van der Waals surface area (Å²) < 4.78 is 0.850. The van der Waals surface area contributed by atoms with Crippen LogP contribution >= 0.6 is 22.9 Å². The van der Waals surface area contributed by atoms with Gasteiger partial charge in [-0.25, -0.2) is 0 Å². The molecule has 0 bridgehead atoms. The number of nitrogens with one attached hydrogen (secondary N) is 1. The van der Waals surface area contributed by atoms with Crippen LogP contribution in [0.15, 0.2) is 42.5 Å². The van der Waals surface area contributed by atoms with Crippen LogP contribution in [-0.2, 0) is 17.8 Å². The van der Waals surface area contributed by atoms with Gasteiger partial charge in [0.1, 0.15) is 0 Å². The van der Waals surface area contributed by atoms with Crippen molar-refractivity contribution in [2.24, 2.45) is 0 Å². The second-order valence-electron chi connectivity index (χ2n) is 6.70. The summed E-state index contributed by atoms with van der Waals surface area (Å²) in [5, 5.41) is 3.05. The van der Waals surface area contributed by atoms with E-state index in [0.717, 1.165) is 56.4 Å². The van der Waals surface area contributed by atoms with Crippen molar-refractivity contribution < 1.29 is 4.79 Å². The van der Waals surface area contributed by atoms with Crippen molar-refractivity contribution in [3.05, 3.63) is 57.2 Å². The monoisotopic (exact) mass is 391 g/mol. The molecule has 1 aromatic carbocycles. The molecule has 140 valence electrons. The predicted octanol–water partition coefficient (Wildman–Crippen LogP) is 3.27. The molecule has 3 rings (SSSR count). The smallest absolute Gasteiger partial charge is 0.234 e. The van der Waals surface area contributed by atoms with Crippen LogP contribution < -0.4 is 5.32 Å². The van der Waals surface area contributed by atoms with Crippen LogP contribution in [0.25, 0.3) is 0 Å². The summed E-state index contributed by atoms with van der Waals surface area (Å²) in [6, 6.07) is 14.5. The van der Waals surface area contributed by atoms with Gasteiger partial charge in [-0.05, 0) is 30.5 Å². The van der Waals surface area contributed by atoms with Crippen LogP contribution in [0.4, 0.5) is 0 Å². The Bertz CT molecular complexity index is 683. The maximum atomic E-state index is 12.1. The minimum absolute atomic E-state index is 0.136. The van der Waals surface area contributed by atoms with Crippen molar-refractivity contribution in [3.63, 3.8) is 0 Å². The van der Waals surface area contributed by atoms with Gasteiger partial charge in [-0.3, -0.25) is 14.6 Å². The van der Waals surface area contributed by atoms with E-state index in [4.69, 9.17) is 11.6 Å². The highest BCUT2D eigenvalue weighted by atomic mass is 35.5. The molecule has 0 spiro atoms. The summed E-state index contributed by atoms with van der Waals surface area (Å²) in [7, 11) is 0. The van der Waals surface area contributed by atoms with Gasteiger partial charge >= 0.3 is 0 Å². The zero-order valence-electron chi connectivity index (χ0n) is 15.0. The van der Waals surface area contributed by atoms with Gasteiger partial charge in [-0.15, -0.1) is 11.3 Å². The van der Waals surface area contributed by atoms with Crippen LogP contribution in [0.5, 0.6) is 0 Å². The Kier molecular flexibility index (Phi) is 7.50. The zero-order chi connectivity index (χ0) is 18.2. The molecule has 6 heteroatoms. The first-order valence-electron chi connectivity index (χ1n) is 9.18. The normalized spacial score (nSPS) is 15.9. The van der Waals surface area contributed by atoms with E-state index in [1.165, 1.54) is 10.4 Å². The summed E-state index contributed by atoms with van der Waals surface area (Å²) in [6.07, 6.45) is 1.99. The molecule has 2 heterocycles. The van der Waals surface area contributed by atoms with E-state index >= 15 is 0 Å². The number of hydrogen-bond donors (Lipinski definition) is 1. The molecule has 1 fully saturated rings. The lowest BCUT2D eigenvalue weighted by atomic mass is 10.1. The van der Waals surface area contributed by atoms with Crippen LogP contribution in [0.3, 0.4) is 0 Å². The molecule has 1 aromatic heterocycles. The first-order valence-corrected chi connectivity index (χ1v) is 10.4. The highest BCUT2D eigenvalue weighted by Crippen LogP contribution is 2.23. The standard InChI is InChI=1S/C20H26ClN3OS/c21-19-9-8-18(26-19)15-23-11-13-24(14-12-23)16-20(25)22-10-4-7-17-5-2-1-3-6-17/h1-3,5-6,8-9H,4,7,10-16H2,(H,22,25). The van der Waals surface area contributed by atoms with Crippen LogP contribution in [0.1, 0.15) is 16.9 Å². The van der Waals surface area contributed by atoms with Gasteiger partial charge in [0.2, 0.25) is 5.91 Å². The van der Waals surface area contributed by atoms with Gasteiger partial charge in [0, 0.05) is 44.1 Å². The lowest BCUT2D eigenvalue weighted by molar-refractivity contribution is -0.122. The maximum Gasteiger partial charge on any atom is 0.234 e. The number of carbonyl (C=O) groups is 1. The number of rotatable bonds is 8. The van der Waals surface area contributed by atoms with Crippen molar-refractivity contribution in [3.8, 4) is 0 Å². The van der Waals surface area contributed by atoms with Crippen LogP contribution in [-0.4, -0.2) is 55.0 Å². The minimum atomic E-state index is 0.136. The fourth-order valence-corrected chi connectivity index (χ4v) is 4.32. The molecule has 1 amide bonds. The summed E-state index contributed by atoms with van der Waals surface area (Å²) >= 11 is 7.64. The number of amides is 1. The van der Waals surface area contributed by atoms with Gasteiger partial charge in [0.05, 0.1) is 10.9 Å². The van der Waals surface area contributed by atoms with Crippen molar-refractivity contribution in [2.45, 2.75) is 19.4 Å². The maximum absolute atomic E-state index is 12.1. The first-order chi connectivity index (χ1) is 12.7. The second-order valence-corrected chi connectivity index (χ2v) is 8.50. The number of thiophene rings is 1. The molecule has 0 aliphatic carbocycles. The zero-order valence-corrected chi connectivity index (χ0v) is 16.6. The van der Waals surface area contributed by atoms with Gasteiger partial charge in [0.25, 0.3) is 0 Å². The van der Waals surface area contributed by atoms with E-state index < -0.39 is 0 Å². The molecule has 0 radical (unpaired) electrons. The molecular weight excluding hydrogens is 366 g/mol. The van der Waals surface area contributed by atoms with Gasteiger partial charge in [-0.1, -0.05) is 41.9 Å². The van der Waals surface area contributed by atoms with Crippen molar-refractivity contribution in [2.75, 3.05) is 39.3 Å². The highest BCUT2D eigenvalue weighted by Gasteiger charge is 2.19. The summed E-state index contributed by atoms with van der Waals surface area (Å²) in [6.45, 7) is 6.08. The number of piperazine rings is 1. The summed E-state index contributed by atoms with van der Waals surface area (Å²) in [4.78, 5) is 18.1. The Hall–Kier alpha value is -1.40. The number of hydrogen-bond acceptors (Lipinski definition) is 4. The summed E-state index contributed by atoms with van der Waals surface area (Å²) in [5.74, 6) is 0.136. The average Bonchev–Trinajstić information content (AvgIpc) is 3.06. The number of carbonyl (C=O) groups excluding carboxylic acids is 1. The molecular formula is C20H26ClN3OS. The number of aryl methyl sites for hydroxylation is 1. The van der Waals surface area contributed by atoms with Crippen LogP contribution in [0, 0.1) is 0 Å². The molecule has 1 saturated heterocycles. The quantitative estimate of drug-likeness (QED) is 0.701. The molecule has 1 N–H and O–H groups in total. The highest BCUT2D eigenvalue weighted by molar-refractivity contribution is 7.16. The second kappa shape index (κ2) is 10.1. The molecule has 2 aromatic rings. The molecule has 1 aliphatic heterocycles. The third kappa shape index (κ3) is 6.40. The van der Waals surface area contributed by atoms with Crippen LogP contribution in [0.2, 0.25) is 4.34 Å². The molecule has 0 unspecified atom stereocenters. The Morgan fingerprint density at radius 2 is 1.77 bits per heavy atom. The van der Waals surface area contributed by atoms with E-state index in [0.29, 0.717) is 6.54 Å². The van der Waals surface area contributed by atoms with Crippen molar-refractivity contribution >= 4 is 28.8 Å². The first kappa shape index (κ1) is 19.4. The molecule has 0 atom stereocenters. The van der Waals surface area contributed by atoms with Gasteiger partial charge in [0.15, 0.2) is 0 Å². The van der Waals surface area contributed by atoms with Gasteiger partial charge in [-0.2, -0.15) is 0 Å². The molecule has 1 aliphatic rings. The van der Waals surface area contributed by atoms with Crippen molar-refractivity contribution in [1.82, 2.24) is 15.1 Å². The minimum Gasteiger partial charge on any atom is -0.355 e. The molecule has 0 saturated carbocycles. The molecule has 4 nitrogen and oxygen atoms in total. The Morgan fingerprint density at radius 3 is 2.46 bits per heavy atom. The predicted molar refractivity (Wildman–Crippen MR) is 109 cm³/mol. The van der Waals surface area contributed by atoms with Crippen molar-refractivity contribution in [1.29, 1.82) is 0 Å².